The first-order valence-corrected chi connectivity index (χ1v) is 10.3. The molecule has 1 heterocycles. The van der Waals surface area contributed by atoms with E-state index in [1.54, 1.807) is 24.0 Å². The molecular weight excluding hydrogens is 416 g/mol. The zero-order chi connectivity index (χ0) is 23.1. The summed E-state index contributed by atoms with van der Waals surface area (Å²) in [5.74, 6) is 0.0213. The summed E-state index contributed by atoms with van der Waals surface area (Å²) in [4.78, 5) is 37.8. The number of benzene rings is 2. The molecule has 0 atom stereocenters. The Bertz CT molecular complexity index is 974. The van der Waals surface area contributed by atoms with Gasteiger partial charge in [0.25, 0.3) is 11.6 Å². The van der Waals surface area contributed by atoms with Gasteiger partial charge in [0.2, 0.25) is 0 Å². The van der Waals surface area contributed by atoms with Crippen molar-refractivity contribution in [3.05, 3.63) is 58.1 Å². The Balaban J connectivity index is 1.65. The predicted molar refractivity (Wildman–Crippen MR) is 118 cm³/mol. The van der Waals surface area contributed by atoms with Gasteiger partial charge in [0.05, 0.1) is 24.7 Å². The van der Waals surface area contributed by atoms with Gasteiger partial charge in [-0.1, -0.05) is 18.2 Å². The van der Waals surface area contributed by atoms with Crippen molar-refractivity contribution in [2.75, 3.05) is 32.1 Å². The van der Waals surface area contributed by atoms with Gasteiger partial charge < -0.3 is 25.0 Å². The Morgan fingerprint density at radius 3 is 2.44 bits per heavy atom. The molecule has 3 rings (SSSR count). The minimum absolute atomic E-state index is 0.0486. The lowest BCUT2D eigenvalue weighted by molar-refractivity contribution is -0.385. The second kappa shape index (κ2) is 10.5. The average molecular weight is 442 g/mol. The summed E-state index contributed by atoms with van der Waals surface area (Å²) in [6, 6.07) is 11.3. The van der Waals surface area contributed by atoms with Crippen LogP contribution in [-0.2, 0) is 0 Å². The number of piperidine rings is 1. The molecule has 1 fully saturated rings. The third-order valence-electron chi connectivity index (χ3n) is 5.16. The highest BCUT2D eigenvalue weighted by Gasteiger charge is 2.30. The second-order valence-electron chi connectivity index (χ2n) is 7.24. The number of amides is 3. The lowest BCUT2D eigenvalue weighted by Crippen LogP contribution is -2.47. The topological polar surface area (TPSA) is 123 Å². The van der Waals surface area contributed by atoms with Gasteiger partial charge in [0, 0.05) is 30.9 Å². The molecule has 2 aromatic rings. The first-order valence-electron chi connectivity index (χ1n) is 10.3. The molecule has 32 heavy (non-hydrogen) atoms. The molecule has 0 unspecified atom stereocenters. The van der Waals surface area contributed by atoms with Crippen molar-refractivity contribution < 1.29 is 24.0 Å². The molecule has 2 aromatic carbocycles. The van der Waals surface area contributed by atoms with Gasteiger partial charge in [-0.15, -0.1) is 0 Å². The number of likely N-dealkylation sites (tertiary alicyclic amines) is 1. The van der Waals surface area contributed by atoms with E-state index >= 15 is 0 Å². The fraction of sp³-hybridized carbons (Fsp3) is 0.364. The molecule has 1 aliphatic rings. The number of para-hydroxylation sites is 1. The fourth-order valence-corrected chi connectivity index (χ4v) is 3.57. The molecule has 0 radical (unpaired) electrons. The number of urea groups is 1. The minimum Gasteiger partial charge on any atom is -0.493 e. The highest BCUT2D eigenvalue weighted by molar-refractivity contribution is 5.99. The number of methoxy groups -OCH3 is 1. The molecule has 10 heteroatoms. The number of anilines is 1. The molecule has 0 aliphatic carbocycles. The number of nitrogens with zero attached hydrogens (tertiary/aromatic N) is 2. The first-order chi connectivity index (χ1) is 15.4. The van der Waals surface area contributed by atoms with E-state index in [1.165, 1.54) is 19.2 Å². The van der Waals surface area contributed by atoms with Crippen molar-refractivity contribution >= 4 is 23.3 Å². The smallest absolute Gasteiger partial charge is 0.319 e. The van der Waals surface area contributed by atoms with E-state index < -0.39 is 10.8 Å². The van der Waals surface area contributed by atoms with E-state index in [-0.39, 0.29) is 34.8 Å². The number of hydrogen-bond donors (Lipinski definition) is 2. The van der Waals surface area contributed by atoms with Crippen LogP contribution in [0.4, 0.5) is 16.2 Å². The number of rotatable bonds is 7. The highest BCUT2D eigenvalue weighted by atomic mass is 16.6. The summed E-state index contributed by atoms with van der Waals surface area (Å²) in [6.45, 7) is 2.82. The Morgan fingerprint density at radius 1 is 1.16 bits per heavy atom. The molecule has 0 bridgehead atoms. The monoisotopic (exact) mass is 442 g/mol. The lowest BCUT2D eigenvalue weighted by atomic mass is 10.0. The first kappa shape index (κ1) is 22.9. The van der Waals surface area contributed by atoms with E-state index in [2.05, 4.69) is 10.6 Å². The Labute approximate surface area is 185 Å². The predicted octanol–water partition coefficient (Wildman–Crippen LogP) is 3.43. The van der Waals surface area contributed by atoms with Crippen molar-refractivity contribution in [2.24, 2.45) is 0 Å². The van der Waals surface area contributed by atoms with E-state index in [4.69, 9.17) is 9.47 Å². The normalized spacial score (nSPS) is 13.9. The van der Waals surface area contributed by atoms with Crippen LogP contribution in [0, 0.1) is 10.1 Å². The lowest BCUT2D eigenvalue weighted by Gasteiger charge is -2.32. The van der Waals surface area contributed by atoms with Crippen molar-refractivity contribution in [1.29, 1.82) is 0 Å². The summed E-state index contributed by atoms with van der Waals surface area (Å²) >= 11 is 0. The molecular formula is C22H26N4O6. The van der Waals surface area contributed by atoms with E-state index in [1.807, 2.05) is 18.2 Å². The summed E-state index contributed by atoms with van der Waals surface area (Å²) in [5, 5.41) is 17.2. The average Bonchev–Trinajstić information content (AvgIpc) is 2.79. The van der Waals surface area contributed by atoms with Crippen LogP contribution in [0.1, 0.15) is 30.1 Å². The summed E-state index contributed by atoms with van der Waals surface area (Å²) < 4.78 is 10.6. The van der Waals surface area contributed by atoms with Gasteiger partial charge in [-0.05, 0) is 31.9 Å². The number of ether oxygens (including phenoxy) is 2. The third-order valence-corrected chi connectivity index (χ3v) is 5.16. The molecule has 0 saturated carbocycles. The van der Waals surface area contributed by atoms with Crippen molar-refractivity contribution in [2.45, 2.75) is 25.8 Å². The van der Waals surface area contributed by atoms with Gasteiger partial charge in [-0.3, -0.25) is 14.9 Å². The van der Waals surface area contributed by atoms with Gasteiger partial charge in [0.15, 0.2) is 11.5 Å². The van der Waals surface area contributed by atoms with E-state index in [0.29, 0.717) is 38.2 Å². The maximum Gasteiger partial charge on any atom is 0.319 e. The zero-order valence-electron chi connectivity index (χ0n) is 18.0. The molecule has 10 nitrogen and oxygen atoms in total. The van der Waals surface area contributed by atoms with Crippen LogP contribution in [0.2, 0.25) is 0 Å². The molecule has 1 saturated heterocycles. The van der Waals surface area contributed by atoms with Crippen LogP contribution in [0.3, 0.4) is 0 Å². The van der Waals surface area contributed by atoms with Crippen LogP contribution in [0.5, 0.6) is 11.5 Å². The van der Waals surface area contributed by atoms with Gasteiger partial charge in [0.1, 0.15) is 5.56 Å². The van der Waals surface area contributed by atoms with Crippen LogP contribution in [0.25, 0.3) is 0 Å². The molecule has 0 aromatic heterocycles. The highest BCUT2D eigenvalue weighted by Crippen LogP contribution is 2.35. The number of nitrogens with one attached hydrogen (secondary N) is 2. The number of nitro benzene ring substituents is 1. The Kier molecular flexibility index (Phi) is 7.48. The maximum atomic E-state index is 13.1. The van der Waals surface area contributed by atoms with Gasteiger partial charge >= 0.3 is 6.03 Å². The molecule has 170 valence electrons. The number of nitro groups is 1. The molecule has 0 spiro atoms. The molecule has 3 amide bonds. The zero-order valence-corrected chi connectivity index (χ0v) is 18.0. The fourth-order valence-electron chi connectivity index (χ4n) is 3.57. The summed E-state index contributed by atoms with van der Waals surface area (Å²) in [5.41, 5.74) is 0.305. The van der Waals surface area contributed by atoms with Crippen LogP contribution < -0.4 is 20.1 Å². The Morgan fingerprint density at radius 2 is 1.84 bits per heavy atom. The summed E-state index contributed by atoms with van der Waals surface area (Å²) in [6.07, 6.45) is 1.08. The van der Waals surface area contributed by atoms with Gasteiger partial charge in [-0.2, -0.15) is 0 Å². The summed E-state index contributed by atoms with van der Waals surface area (Å²) in [7, 11) is 1.38. The number of hydrogen-bond acceptors (Lipinski definition) is 6. The number of carbonyl (C=O) groups is 2. The molecule has 1 aliphatic heterocycles. The van der Waals surface area contributed by atoms with Crippen molar-refractivity contribution in [3.8, 4) is 11.5 Å². The van der Waals surface area contributed by atoms with Crippen LogP contribution >= 0.6 is 0 Å². The molecule has 2 N–H and O–H groups in total. The van der Waals surface area contributed by atoms with E-state index in [0.717, 1.165) is 0 Å². The third kappa shape index (κ3) is 5.45. The van der Waals surface area contributed by atoms with Gasteiger partial charge in [-0.25, -0.2) is 4.79 Å². The van der Waals surface area contributed by atoms with Crippen molar-refractivity contribution in [1.82, 2.24) is 10.2 Å². The standard InChI is InChI=1S/C22H26N4O6/c1-3-32-20-13-17(18(26(29)30)14-19(20)31-2)21(27)25-11-9-16(10-12-25)24-22(28)23-15-7-5-4-6-8-15/h4-8,13-14,16H,3,9-12H2,1-2H3,(H2,23,24,28). The maximum absolute atomic E-state index is 13.1. The van der Waals surface area contributed by atoms with Crippen LogP contribution in [-0.4, -0.2) is 54.6 Å². The van der Waals surface area contributed by atoms with Crippen LogP contribution in [0.15, 0.2) is 42.5 Å². The largest absolute Gasteiger partial charge is 0.493 e. The second-order valence-corrected chi connectivity index (χ2v) is 7.24. The Hall–Kier alpha value is -3.82. The SMILES string of the molecule is CCOc1cc(C(=O)N2CCC(NC(=O)Nc3ccccc3)CC2)c([N+](=O)[O-])cc1OC. The van der Waals surface area contributed by atoms with Crippen molar-refractivity contribution in [3.63, 3.8) is 0 Å². The van der Waals surface area contributed by atoms with E-state index in [9.17, 15) is 19.7 Å². The number of carbonyl (C=O) groups excluding carboxylic acids is 2. The quantitative estimate of drug-likeness (QED) is 0.500. The minimum atomic E-state index is -0.603.